The first-order chi connectivity index (χ1) is 13.2. The van der Waals surface area contributed by atoms with Crippen molar-refractivity contribution in [3.05, 3.63) is 36.7 Å². The van der Waals surface area contributed by atoms with E-state index in [1.165, 1.54) is 18.5 Å². The Morgan fingerprint density at radius 1 is 0.963 bits per heavy atom. The summed E-state index contributed by atoms with van der Waals surface area (Å²) in [6, 6.07) is 10.7. The third-order valence-corrected chi connectivity index (χ3v) is 5.64. The molecule has 2 aromatic rings. The molecule has 0 saturated carbocycles. The Kier molecular flexibility index (Phi) is 5.43. The van der Waals surface area contributed by atoms with Gasteiger partial charge in [-0.1, -0.05) is 6.92 Å². The van der Waals surface area contributed by atoms with E-state index in [1.807, 2.05) is 0 Å². The van der Waals surface area contributed by atoms with Gasteiger partial charge in [-0.3, -0.25) is 0 Å². The van der Waals surface area contributed by atoms with Crippen molar-refractivity contribution in [1.82, 2.24) is 14.9 Å². The fourth-order valence-corrected chi connectivity index (χ4v) is 3.95. The van der Waals surface area contributed by atoms with E-state index in [-0.39, 0.29) is 0 Å². The lowest BCUT2D eigenvalue weighted by Crippen LogP contribution is -2.44. The van der Waals surface area contributed by atoms with Crippen LogP contribution in [0.5, 0.6) is 0 Å². The van der Waals surface area contributed by atoms with Crippen molar-refractivity contribution < 1.29 is 0 Å². The Bertz CT molecular complexity index is 739. The first kappa shape index (κ1) is 18.0. The maximum Gasteiger partial charge on any atom is 0.135 e. The average Bonchev–Trinajstić information content (AvgIpc) is 2.70. The van der Waals surface area contributed by atoms with E-state index in [2.05, 4.69) is 74.3 Å². The molecular weight excluding hydrogens is 336 g/mol. The Hall–Kier alpha value is -2.34. The van der Waals surface area contributed by atoms with Crippen LogP contribution in [0.2, 0.25) is 0 Å². The first-order valence-electron chi connectivity index (χ1n) is 10.0. The predicted octanol–water partition coefficient (Wildman–Crippen LogP) is 3.21. The van der Waals surface area contributed by atoms with Gasteiger partial charge in [-0.15, -0.1) is 0 Å². The van der Waals surface area contributed by atoms with Crippen molar-refractivity contribution in [1.29, 1.82) is 0 Å². The predicted molar refractivity (Wildman–Crippen MR) is 112 cm³/mol. The number of nitrogens with one attached hydrogen (secondary N) is 1. The molecule has 0 radical (unpaired) electrons. The smallest absolute Gasteiger partial charge is 0.135 e. The Balaban J connectivity index is 1.41. The van der Waals surface area contributed by atoms with Crippen LogP contribution in [0.25, 0.3) is 0 Å². The van der Waals surface area contributed by atoms with Gasteiger partial charge < -0.3 is 20.0 Å². The van der Waals surface area contributed by atoms with Gasteiger partial charge in [-0.05, 0) is 50.1 Å². The molecule has 6 heteroatoms. The van der Waals surface area contributed by atoms with Gasteiger partial charge >= 0.3 is 0 Å². The van der Waals surface area contributed by atoms with E-state index in [1.54, 1.807) is 6.33 Å². The van der Waals surface area contributed by atoms with E-state index >= 15 is 0 Å². The van der Waals surface area contributed by atoms with Gasteiger partial charge in [0.15, 0.2) is 0 Å². The SMILES string of the molecule is CC1CCCN(c2cc(Nc3ccc(N4CCN(C)CC4)cc3)ncn2)C1. The summed E-state index contributed by atoms with van der Waals surface area (Å²) in [5, 5.41) is 3.43. The molecule has 1 unspecified atom stereocenters. The molecule has 0 aliphatic carbocycles. The van der Waals surface area contributed by atoms with Crippen LogP contribution in [0.4, 0.5) is 23.0 Å². The number of rotatable bonds is 4. The van der Waals surface area contributed by atoms with Gasteiger partial charge in [-0.2, -0.15) is 0 Å². The lowest BCUT2D eigenvalue weighted by atomic mass is 10.0. The number of piperidine rings is 1. The molecule has 1 aromatic heterocycles. The van der Waals surface area contributed by atoms with Gasteiger partial charge in [0.1, 0.15) is 18.0 Å². The normalized spacial score (nSPS) is 21.3. The number of nitrogens with zero attached hydrogens (tertiary/aromatic N) is 5. The topological polar surface area (TPSA) is 47.5 Å². The lowest BCUT2D eigenvalue weighted by Gasteiger charge is -2.34. The number of likely N-dealkylation sites (N-methyl/N-ethyl adjacent to an activating group) is 1. The van der Waals surface area contributed by atoms with Crippen molar-refractivity contribution in [3.63, 3.8) is 0 Å². The lowest BCUT2D eigenvalue weighted by molar-refractivity contribution is 0.313. The minimum Gasteiger partial charge on any atom is -0.369 e. The van der Waals surface area contributed by atoms with Crippen LogP contribution in [0.1, 0.15) is 19.8 Å². The Morgan fingerprint density at radius 2 is 1.74 bits per heavy atom. The highest BCUT2D eigenvalue weighted by molar-refractivity contribution is 5.62. The zero-order chi connectivity index (χ0) is 18.6. The number of piperazine rings is 1. The summed E-state index contributed by atoms with van der Waals surface area (Å²) in [5.74, 6) is 2.60. The van der Waals surface area contributed by atoms with E-state index in [4.69, 9.17) is 0 Å². The van der Waals surface area contributed by atoms with E-state index < -0.39 is 0 Å². The number of hydrogen-bond acceptors (Lipinski definition) is 6. The minimum absolute atomic E-state index is 0.729. The van der Waals surface area contributed by atoms with E-state index in [0.717, 1.165) is 62.5 Å². The van der Waals surface area contributed by atoms with Crippen molar-refractivity contribution in [3.8, 4) is 0 Å². The second-order valence-electron chi connectivity index (χ2n) is 7.92. The molecule has 2 saturated heterocycles. The van der Waals surface area contributed by atoms with E-state index in [0.29, 0.717) is 0 Å². The number of anilines is 4. The van der Waals surface area contributed by atoms with Crippen LogP contribution in [0.3, 0.4) is 0 Å². The van der Waals surface area contributed by atoms with Crippen molar-refractivity contribution in [2.45, 2.75) is 19.8 Å². The monoisotopic (exact) mass is 366 g/mol. The number of hydrogen-bond donors (Lipinski definition) is 1. The largest absolute Gasteiger partial charge is 0.369 e. The van der Waals surface area contributed by atoms with Crippen LogP contribution in [0, 0.1) is 5.92 Å². The summed E-state index contributed by atoms with van der Waals surface area (Å²) < 4.78 is 0. The van der Waals surface area contributed by atoms with Crippen molar-refractivity contribution >= 4 is 23.0 Å². The molecule has 2 fully saturated rings. The third kappa shape index (κ3) is 4.50. The van der Waals surface area contributed by atoms with Crippen molar-refractivity contribution in [2.24, 2.45) is 5.92 Å². The molecule has 0 spiro atoms. The van der Waals surface area contributed by atoms with Gasteiger partial charge in [0, 0.05) is 56.7 Å². The van der Waals surface area contributed by atoms with Crippen molar-refractivity contribution in [2.75, 3.05) is 61.4 Å². The van der Waals surface area contributed by atoms with Crippen LogP contribution < -0.4 is 15.1 Å². The summed E-state index contributed by atoms with van der Waals surface area (Å²) in [6.45, 7) is 8.91. The maximum atomic E-state index is 4.48. The van der Waals surface area contributed by atoms with Crippen LogP contribution in [0.15, 0.2) is 36.7 Å². The van der Waals surface area contributed by atoms with Crippen LogP contribution in [-0.4, -0.2) is 61.2 Å². The molecule has 144 valence electrons. The standard InChI is InChI=1S/C21H30N6/c1-17-4-3-9-27(15-17)21-14-20(22-16-23-21)24-18-5-7-19(8-6-18)26-12-10-25(2)11-13-26/h5-8,14,16-17H,3-4,9-13,15H2,1-2H3,(H,22,23,24). The minimum atomic E-state index is 0.729. The highest BCUT2D eigenvalue weighted by Crippen LogP contribution is 2.25. The highest BCUT2D eigenvalue weighted by Gasteiger charge is 2.18. The summed E-state index contributed by atoms with van der Waals surface area (Å²) in [5.41, 5.74) is 2.35. The molecule has 27 heavy (non-hydrogen) atoms. The fraction of sp³-hybridized carbons (Fsp3) is 0.524. The average molecular weight is 367 g/mol. The van der Waals surface area contributed by atoms with Gasteiger partial charge in [-0.25, -0.2) is 9.97 Å². The summed E-state index contributed by atoms with van der Waals surface area (Å²) in [7, 11) is 2.19. The highest BCUT2D eigenvalue weighted by atomic mass is 15.2. The quantitative estimate of drug-likeness (QED) is 0.897. The second kappa shape index (κ2) is 8.13. The summed E-state index contributed by atoms with van der Waals surface area (Å²) >= 11 is 0. The van der Waals surface area contributed by atoms with Gasteiger partial charge in [0.05, 0.1) is 0 Å². The Labute approximate surface area is 162 Å². The number of benzene rings is 1. The maximum absolute atomic E-state index is 4.48. The van der Waals surface area contributed by atoms with Gasteiger partial charge in [0.2, 0.25) is 0 Å². The molecular formula is C21H30N6. The van der Waals surface area contributed by atoms with Crippen LogP contribution >= 0.6 is 0 Å². The molecule has 0 amide bonds. The Morgan fingerprint density at radius 3 is 2.48 bits per heavy atom. The van der Waals surface area contributed by atoms with Gasteiger partial charge in [0.25, 0.3) is 0 Å². The fourth-order valence-electron chi connectivity index (χ4n) is 3.95. The molecule has 0 bridgehead atoms. The molecule has 1 atom stereocenters. The molecule has 2 aliphatic heterocycles. The number of aromatic nitrogens is 2. The second-order valence-corrected chi connectivity index (χ2v) is 7.92. The molecule has 2 aliphatic rings. The molecule has 1 N–H and O–H groups in total. The zero-order valence-corrected chi connectivity index (χ0v) is 16.4. The summed E-state index contributed by atoms with van der Waals surface area (Å²) in [6.07, 6.45) is 4.21. The molecule has 3 heterocycles. The molecule has 4 rings (SSSR count). The van der Waals surface area contributed by atoms with E-state index in [9.17, 15) is 0 Å². The van der Waals surface area contributed by atoms with Crippen LogP contribution in [-0.2, 0) is 0 Å². The summed E-state index contributed by atoms with van der Waals surface area (Å²) in [4.78, 5) is 16.1. The molecule has 6 nitrogen and oxygen atoms in total. The first-order valence-corrected chi connectivity index (χ1v) is 10.0. The molecule has 1 aromatic carbocycles. The zero-order valence-electron chi connectivity index (χ0n) is 16.4. The third-order valence-electron chi connectivity index (χ3n) is 5.64.